The largest absolute Gasteiger partial charge is 0.464 e. The summed E-state index contributed by atoms with van der Waals surface area (Å²) >= 11 is 0.955. The van der Waals surface area contributed by atoms with Crippen LogP contribution in [0, 0.1) is 11.8 Å². The van der Waals surface area contributed by atoms with E-state index in [0.29, 0.717) is 18.6 Å². The second-order valence-electron chi connectivity index (χ2n) is 10.3. The molecule has 0 radical (unpaired) electrons. The molecule has 9 nitrogen and oxygen atoms in total. The predicted octanol–water partition coefficient (Wildman–Crippen LogP) is 3.57. The zero-order valence-corrected chi connectivity index (χ0v) is 23.9. The van der Waals surface area contributed by atoms with Crippen molar-refractivity contribution in [3.05, 3.63) is 29.8 Å². The van der Waals surface area contributed by atoms with Gasteiger partial charge in [-0.1, -0.05) is 64.4 Å². The topological polar surface area (TPSA) is 128 Å². The van der Waals surface area contributed by atoms with Gasteiger partial charge in [0.15, 0.2) is 5.12 Å². The molecule has 1 fully saturated rings. The predicted molar refractivity (Wildman–Crippen MR) is 145 cm³/mol. The van der Waals surface area contributed by atoms with Crippen molar-refractivity contribution < 1.29 is 33.4 Å². The summed E-state index contributed by atoms with van der Waals surface area (Å²) in [6.07, 6.45) is 2.53. The van der Waals surface area contributed by atoms with Gasteiger partial charge in [0.2, 0.25) is 11.8 Å². The first-order chi connectivity index (χ1) is 17.9. The number of nitrogens with one attached hydrogen (secondary N) is 2. The molecule has 0 bridgehead atoms. The third kappa shape index (κ3) is 8.85. The maximum atomic E-state index is 13.6. The van der Waals surface area contributed by atoms with E-state index in [1.807, 2.05) is 13.8 Å². The fraction of sp³-hybridized carbons (Fsp3) is 0.607. The van der Waals surface area contributed by atoms with Crippen LogP contribution in [0.1, 0.15) is 72.8 Å². The number of esters is 2. The summed E-state index contributed by atoms with van der Waals surface area (Å²) in [7, 11) is 0. The quantitative estimate of drug-likeness (QED) is 0.300. The molecule has 0 aliphatic heterocycles. The first kappa shape index (κ1) is 31.3. The van der Waals surface area contributed by atoms with Crippen LogP contribution in [-0.4, -0.2) is 52.3 Å². The molecular weight excluding hydrogens is 508 g/mol. The van der Waals surface area contributed by atoms with Crippen molar-refractivity contribution in [2.24, 2.45) is 11.8 Å². The van der Waals surface area contributed by atoms with Gasteiger partial charge in [0.25, 0.3) is 0 Å². The molecule has 0 unspecified atom stereocenters. The first-order valence-corrected chi connectivity index (χ1v) is 14.0. The van der Waals surface area contributed by atoms with Gasteiger partial charge in [0, 0.05) is 13.3 Å². The van der Waals surface area contributed by atoms with Gasteiger partial charge in [0.05, 0.1) is 17.8 Å². The standard InChI is InChI=1S/C28H40N2O7S/c1-7-36-26(34)22(16-20-10-12-21(13-11-20)37-25(33)18(4)5)29-27(35)28(14-8-9-15-28)30-24(32)23(17(2)3)38-19(6)31/h10-13,17-18,22-23H,7-9,14-16H2,1-6H3,(H,29,35)(H,30,32)/t22-,23-/m0/s1. The molecule has 10 heteroatoms. The summed E-state index contributed by atoms with van der Waals surface area (Å²) in [6.45, 7) is 10.4. The van der Waals surface area contributed by atoms with Crippen molar-refractivity contribution in [1.82, 2.24) is 10.6 Å². The van der Waals surface area contributed by atoms with Gasteiger partial charge in [-0.05, 0) is 43.4 Å². The van der Waals surface area contributed by atoms with E-state index in [1.165, 1.54) is 6.92 Å². The van der Waals surface area contributed by atoms with E-state index in [4.69, 9.17) is 9.47 Å². The molecule has 210 valence electrons. The fourth-order valence-corrected chi connectivity index (χ4v) is 5.06. The van der Waals surface area contributed by atoms with Crippen LogP contribution in [-0.2, 0) is 35.1 Å². The Hall–Kier alpha value is -2.88. The number of thioether (sulfide) groups is 1. The third-order valence-corrected chi connectivity index (χ3v) is 7.68. The Balaban J connectivity index is 2.20. The van der Waals surface area contributed by atoms with Crippen LogP contribution in [0.2, 0.25) is 0 Å². The maximum Gasteiger partial charge on any atom is 0.328 e. The summed E-state index contributed by atoms with van der Waals surface area (Å²) in [5.41, 5.74) is -0.434. The number of carbonyl (C=O) groups excluding carboxylic acids is 5. The molecule has 38 heavy (non-hydrogen) atoms. The zero-order chi connectivity index (χ0) is 28.5. The molecule has 2 atom stereocenters. The summed E-state index contributed by atoms with van der Waals surface area (Å²) < 4.78 is 10.5. The fourth-order valence-electron chi connectivity index (χ4n) is 4.26. The number of ether oxygens (including phenoxy) is 2. The van der Waals surface area contributed by atoms with E-state index in [9.17, 15) is 24.0 Å². The monoisotopic (exact) mass is 548 g/mol. The van der Waals surface area contributed by atoms with Crippen LogP contribution in [0.4, 0.5) is 0 Å². The van der Waals surface area contributed by atoms with E-state index in [1.54, 1.807) is 45.0 Å². The smallest absolute Gasteiger partial charge is 0.328 e. The van der Waals surface area contributed by atoms with Gasteiger partial charge in [0.1, 0.15) is 17.3 Å². The minimum Gasteiger partial charge on any atom is -0.464 e. The van der Waals surface area contributed by atoms with Gasteiger partial charge in [-0.2, -0.15) is 0 Å². The number of amides is 2. The highest BCUT2D eigenvalue weighted by Crippen LogP contribution is 2.32. The average molecular weight is 549 g/mol. The van der Waals surface area contributed by atoms with E-state index in [0.717, 1.165) is 30.2 Å². The van der Waals surface area contributed by atoms with Crippen molar-refractivity contribution in [2.75, 3.05) is 6.61 Å². The molecule has 2 rings (SSSR count). The normalized spacial score (nSPS) is 16.0. The lowest BCUT2D eigenvalue weighted by Gasteiger charge is -2.33. The van der Waals surface area contributed by atoms with Crippen molar-refractivity contribution in [2.45, 2.75) is 90.5 Å². The van der Waals surface area contributed by atoms with Crippen LogP contribution in [0.25, 0.3) is 0 Å². The summed E-state index contributed by atoms with van der Waals surface area (Å²) in [5, 5.41) is 4.96. The Labute approximate surface area is 229 Å². The molecule has 0 aromatic heterocycles. The summed E-state index contributed by atoms with van der Waals surface area (Å²) in [6, 6.07) is 5.74. The van der Waals surface area contributed by atoms with Crippen LogP contribution in [0.5, 0.6) is 5.75 Å². The molecule has 2 amide bonds. The van der Waals surface area contributed by atoms with E-state index < -0.39 is 28.7 Å². The Morgan fingerprint density at radius 3 is 2.08 bits per heavy atom. The highest BCUT2D eigenvalue weighted by molar-refractivity contribution is 8.14. The first-order valence-electron chi connectivity index (χ1n) is 13.2. The highest BCUT2D eigenvalue weighted by atomic mass is 32.2. The van der Waals surface area contributed by atoms with E-state index >= 15 is 0 Å². The maximum absolute atomic E-state index is 13.6. The van der Waals surface area contributed by atoms with Crippen LogP contribution < -0.4 is 15.4 Å². The molecule has 2 N–H and O–H groups in total. The SMILES string of the molecule is CCOC(=O)[C@H](Cc1ccc(OC(=O)C(C)C)cc1)NC(=O)C1(NC(=O)[C@@H](SC(C)=O)C(C)C)CCCC1. The number of rotatable bonds is 12. The third-order valence-electron chi connectivity index (χ3n) is 6.34. The molecule has 0 heterocycles. The second kappa shape index (κ2) is 14.3. The van der Waals surface area contributed by atoms with Crippen LogP contribution in [0.3, 0.4) is 0 Å². The van der Waals surface area contributed by atoms with Crippen molar-refractivity contribution in [1.29, 1.82) is 0 Å². The van der Waals surface area contributed by atoms with Crippen LogP contribution in [0.15, 0.2) is 24.3 Å². The van der Waals surface area contributed by atoms with Crippen LogP contribution >= 0.6 is 11.8 Å². The second-order valence-corrected chi connectivity index (χ2v) is 11.6. The number of hydrogen-bond donors (Lipinski definition) is 2. The van der Waals surface area contributed by atoms with Gasteiger partial charge in [-0.15, -0.1) is 0 Å². The Morgan fingerprint density at radius 1 is 0.974 bits per heavy atom. The minimum atomic E-state index is -1.17. The lowest BCUT2D eigenvalue weighted by molar-refractivity contribution is -0.148. The average Bonchev–Trinajstić information content (AvgIpc) is 3.32. The van der Waals surface area contributed by atoms with Gasteiger partial charge < -0.3 is 20.1 Å². The number of benzene rings is 1. The van der Waals surface area contributed by atoms with Crippen molar-refractivity contribution in [3.8, 4) is 5.75 Å². The van der Waals surface area contributed by atoms with Gasteiger partial charge in [-0.25, -0.2) is 4.79 Å². The Morgan fingerprint density at radius 2 is 1.58 bits per heavy atom. The molecule has 1 aromatic carbocycles. The lowest BCUT2D eigenvalue weighted by atomic mass is 9.94. The van der Waals surface area contributed by atoms with Gasteiger partial charge in [-0.3, -0.25) is 19.2 Å². The molecular formula is C28H40N2O7S. The van der Waals surface area contributed by atoms with E-state index in [-0.39, 0.29) is 41.9 Å². The number of hydrogen-bond acceptors (Lipinski definition) is 8. The van der Waals surface area contributed by atoms with Crippen molar-refractivity contribution >= 4 is 40.6 Å². The number of carbonyl (C=O) groups is 5. The summed E-state index contributed by atoms with van der Waals surface area (Å²) in [4.78, 5) is 63.1. The molecule has 1 aliphatic carbocycles. The molecule has 1 saturated carbocycles. The highest BCUT2D eigenvalue weighted by Gasteiger charge is 2.45. The molecule has 0 saturated heterocycles. The van der Waals surface area contributed by atoms with E-state index in [2.05, 4.69) is 10.6 Å². The Kier molecular flexibility index (Phi) is 11.8. The molecule has 1 aromatic rings. The molecule has 0 spiro atoms. The minimum absolute atomic E-state index is 0.111. The lowest BCUT2D eigenvalue weighted by Crippen LogP contribution is -2.61. The van der Waals surface area contributed by atoms with Crippen molar-refractivity contribution in [3.63, 3.8) is 0 Å². The summed E-state index contributed by atoms with van der Waals surface area (Å²) in [5.74, 6) is -1.72. The van der Waals surface area contributed by atoms with Gasteiger partial charge >= 0.3 is 11.9 Å². The zero-order valence-electron chi connectivity index (χ0n) is 23.1. The molecule has 1 aliphatic rings. The Bertz CT molecular complexity index is 1000.